The van der Waals surface area contributed by atoms with Crippen molar-refractivity contribution < 1.29 is 4.79 Å². The van der Waals surface area contributed by atoms with E-state index in [0.717, 1.165) is 54.8 Å². The first-order valence-electron chi connectivity index (χ1n) is 14.3. The maximum Gasteiger partial charge on any atom is 0.136 e. The Bertz CT molecular complexity index is 727. The lowest BCUT2D eigenvalue weighted by atomic mass is 9.47. The molecule has 3 saturated carbocycles. The van der Waals surface area contributed by atoms with Crippen LogP contribution in [0.3, 0.4) is 0 Å². The third-order valence-electron chi connectivity index (χ3n) is 12.4. The van der Waals surface area contributed by atoms with Crippen LogP contribution >= 0.6 is 0 Å². The van der Waals surface area contributed by atoms with Gasteiger partial charge in [-0.05, 0) is 103 Å². The largest absolute Gasteiger partial charge is 0.299 e. The summed E-state index contributed by atoms with van der Waals surface area (Å²) in [6.45, 7) is 17.6. The van der Waals surface area contributed by atoms with Gasteiger partial charge in [0.25, 0.3) is 0 Å². The number of hydrogen-bond acceptors (Lipinski definition) is 1. The molecule has 3 fully saturated rings. The van der Waals surface area contributed by atoms with Crippen molar-refractivity contribution in [1.29, 1.82) is 0 Å². The highest BCUT2D eigenvalue weighted by molar-refractivity contribution is 5.82. The fraction of sp³-hybridized carbons (Fsp3) is 0.903. The van der Waals surface area contributed by atoms with Gasteiger partial charge in [0.2, 0.25) is 0 Å². The molecule has 0 aromatic heterocycles. The lowest BCUT2D eigenvalue weighted by Crippen LogP contribution is -2.50. The fourth-order valence-electron chi connectivity index (χ4n) is 9.88. The standard InChI is InChI=1S/C31H52O/c1-8-31(9-2,21(3)4)19-14-22(5)26-12-13-27-25-11-10-23-20-24(32)15-17-29(23,6)28(25)16-18-30(26,27)7/h10,21-22,25-28H,8-9,11-20H2,1-7H3/t22-,25+,26-,27+,28+,29+,30-/m1/s1. The van der Waals surface area contributed by atoms with Crippen molar-refractivity contribution in [2.24, 2.45) is 51.8 Å². The van der Waals surface area contributed by atoms with Crippen LogP contribution in [0.4, 0.5) is 0 Å². The van der Waals surface area contributed by atoms with Crippen molar-refractivity contribution in [3.8, 4) is 0 Å². The Morgan fingerprint density at radius 1 is 1.03 bits per heavy atom. The van der Waals surface area contributed by atoms with Crippen LogP contribution in [-0.4, -0.2) is 5.78 Å². The van der Waals surface area contributed by atoms with Gasteiger partial charge in [-0.2, -0.15) is 0 Å². The minimum Gasteiger partial charge on any atom is -0.299 e. The van der Waals surface area contributed by atoms with Crippen molar-refractivity contribution in [3.63, 3.8) is 0 Å². The first-order chi connectivity index (χ1) is 15.1. The maximum atomic E-state index is 12.1. The molecule has 0 spiro atoms. The zero-order valence-electron chi connectivity index (χ0n) is 22.4. The maximum absolute atomic E-state index is 12.1. The second-order valence-electron chi connectivity index (χ2n) is 13.4. The van der Waals surface area contributed by atoms with Crippen LogP contribution in [0.1, 0.15) is 126 Å². The molecule has 4 aliphatic rings. The van der Waals surface area contributed by atoms with Crippen molar-refractivity contribution in [3.05, 3.63) is 11.6 Å². The molecule has 0 heterocycles. The monoisotopic (exact) mass is 440 g/mol. The molecule has 4 aliphatic carbocycles. The van der Waals surface area contributed by atoms with Gasteiger partial charge in [-0.25, -0.2) is 0 Å². The Kier molecular flexibility index (Phi) is 6.81. The lowest BCUT2D eigenvalue weighted by Gasteiger charge is -2.58. The van der Waals surface area contributed by atoms with Crippen LogP contribution < -0.4 is 0 Å². The summed E-state index contributed by atoms with van der Waals surface area (Å²) in [5.74, 6) is 5.66. The minimum absolute atomic E-state index is 0.320. The number of ketones is 1. The van der Waals surface area contributed by atoms with E-state index >= 15 is 0 Å². The van der Waals surface area contributed by atoms with Crippen molar-refractivity contribution in [1.82, 2.24) is 0 Å². The number of allylic oxidation sites excluding steroid dienone is 2. The van der Waals surface area contributed by atoms with Crippen LogP contribution in [0.2, 0.25) is 0 Å². The summed E-state index contributed by atoms with van der Waals surface area (Å²) in [5, 5.41) is 0. The molecule has 0 N–H and O–H groups in total. The summed E-state index contributed by atoms with van der Waals surface area (Å²) >= 11 is 0. The molecule has 182 valence electrons. The number of hydrogen-bond donors (Lipinski definition) is 0. The van der Waals surface area contributed by atoms with Gasteiger partial charge < -0.3 is 0 Å². The van der Waals surface area contributed by atoms with Gasteiger partial charge in [-0.15, -0.1) is 0 Å². The number of Topliss-reactive ketones (excluding diaryl/α,β-unsaturated/α-hetero) is 1. The smallest absolute Gasteiger partial charge is 0.136 e. The molecule has 4 rings (SSSR count). The van der Waals surface area contributed by atoms with E-state index in [2.05, 4.69) is 54.5 Å². The highest BCUT2D eigenvalue weighted by Gasteiger charge is 2.59. The van der Waals surface area contributed by atoms with Crippen molar-refractivity contribution >= 4 is 5.78 Å². The SMILES string of the molecule is CCC(CC)(CC[C@@H](C)[C@H]1CC[C@H]2[C@@H]3CC=C4CC(=O)CC[C@]4(C)[C@H]3CC[C@]12C)C(C)C. The molecule has 0 aromatic carbocycles. The van der Waals surface area contributed by atoms with Gasteiger partial charge in [0, 0.05) is 12.8 Å². The number of carbonyl (C=O) groups excluding carboxylic acids is 1. The topological polar surface area (TPSA) is 17.1 Å². The van der Waals surface area contributed by atoms with E-state index in [4.69, 9.17) is 0 Å². The van der Waals surface area contributed by atoms with Crippen molar-refractivity contribution in [2.45, 2.75) is 126 Å². The molecule has 1 nitrogen and oxygen atoms in total. The lowest BCUT2D eigenvalue weighted by molar-refractivity contribution is -0.122. The van der Waals surface area contributed by atoms with E-state index < -0.39 is 0 Å². The Morgan fingerprint density at radius 3 is 2.41 bits per heavy atom. The van der Waals surface area contributed by atoms with Crippen LogP contribution in [0.25, 0.3) is 0 Å². The zero-order chi connectivity index (χ0) is 23.3. The molecule has 0 amide bonds. The molecule has 1 heteroatoms. The van der Waals surface area contributed by atoms with Gasteiger partial charge in [-0.1, -0.05) is 73.0 Å². The second-order valence-corrected chi connectivity index (χ2v) is 13.4. The third kappa shape index (κ3) is 3.76. The molecule has 32 heavy (non-hydrogen) atoms. The summed E-state index contributed by atoms with van der Waals surface area (Å²) < 4.78 is 0. The Hall–Kier alpha value is -0.590. The van der Waals surface area contributed by atoms with Gasteiger partial charge in [0.05, 0.1) is 0 Å². The van der Waals surface area contributed by atoms with E-state index in [1.54, 1.807) is 0 Å². The molecule has 0 aromatic rings. The highest BCUT2D eigenvalue weighted by atomic mass is 16.1. The van der Waals surface area contributed by atoms with E-state index in [9.17, 15) is 4.79 Å². The average molecular weight is 441 g/mol. The number of carbonyl (C=O) groups is 1. The molecule has 7 atom stereocenters. The predicted octanol–water partition coefficient (Wildman–Crippen LogP) is 9.01. The van der Waals surface area contributed by atoms with Crippen molar-refractivity contribution in [2.75, 3.05) is 0 Å². The summed E-state index contributed by atoms with van der Waals surface area (Å²) in [6, 6.07) is 0. The third-order valence-corrected chi connectivity index (χ3v) is 12.4. The molecular weight excluding hydrogens is 388 g/mol. The number of rotatable bonds is 7. The predicted molar refractivity (Wildman–Crippen MR) is 136 cm³/mol. The summed E-state index contributed by atoms with van der Waals surface area (Å²) in [7, 11) is 0. The molecule has 0 radical (unpaired) electrons. The molecule has 0 aliphatic heterocycles. The Balaban J connectivity index is 1.49. The van der Waals surface area contributed by atoms with E-state index in [-0.39, 0.29) is 0 Å². The fourth-order valence-corrected chi connectivity index (χ4v) is 9.88. The average Bonchev–Trinajstić information content (AvgIpc) is 3.12. The molecule has 0 bridgehead atoms. The summed E-state index contributed by atoms with van der Waals surface area (Å²) in [6.07, 6.45) is 17.8. The summed E-state index contributed by atoms with van der Waals surface area (Å²) in [5.41, 5.74) is 2.93. The van der Waals surface area contributed by atoms with Gasteiger partial charge in [-0.3, -0.25) is 4.79 Å². The molecular formula is C31H52O. The van der Waals surface area contributed by atoms with Crippen LogP contribution in [0, 0.1) is 51.8 Å². The van der Waals surface area contributed by atoms with Crippen LogP contribution in [0.15, 0.2) is 11.6 Å². The normalized spacial score (nSPS) is 40.5. The first kappa shape index (κ1) is 24.5. The van der Waals surface area contributed by atoms with E-state index in [1.807, 2.05) is 0 Å². The number of fused-ring (bicyclic) bond motifs is 5. The zero-order valence-corrected chi connectivity index (χ0v) is 22.4. The van der Waals surface area contributed by atoms with Gasteiger partial charge in [0.1, 0.15) is 5.78 Å². The molecule has 0 saturated heterocycles. The Labute approximate surface area is 199 Å². The first-order valence-corrected chi connectivity index (χ1v) is 14.3. The van der Waals surface area contributed by atoms with Gasteiger partial charge in [0.15, 0.2) is 0 Å². The summed E-state index contributed by atoms with van der Waals surface area (Å²) in [4.78, 5) is 12.1. The highest BCUT2D eigenvalue weighted by Crippen LogP contribution is 2.67. The Morgan fingerprint density at radius 2 is 1.75 bits per heavy atom. The minimum atomic E-state index is 0.320. The quantitative estimate of drug-likeness (QED) is 0.361. The van der Waals surface area contributed by atoms with Crippen LogP contribution in [0.5, 0.6) is 0 Å². The molecule has 0 unspecified atom stereocenters. The van der Waals surface area contributed by atoms with Gasteiger partial charge >= 0.3 is 0 Å². The van der Waals surface area contributed by atoms with Crippen LogP contribution in [-0.2, 0) is 4.79 Å². The second kappa shape index (κ2) is 8.88. The van der Waals surface area contributed by atoms with E-state index in [0.29, 0.717) is 22.0 Å². The van der Waals surface area contributed by atoms with E-state index in [1.165, 1.54) is 63.4 Å².